The first-order valence-corrected chi connectivity index (χ1v) is 12.3. The first-order chi connectivity index (χ1) is 16.5. The highest BCUT2D eigenvalue weighted by Gasteiger charge is 2.32. The van der Waals surface area contributed by atoms with E-state index in [1.54, 1.807) is 26.8 Å². The predicted molar refractivity (Wildman–Crippen MR) is 140 cm³/mol. The predicted octanol–water partition coefficient (Wildman–Crippen LogP) is 5.65. The number of benzene rings is 2. The Kier molecular flexibility index (Phi) is 10.1. The van der Waals surface area contributed by atoms with Crippen molar-refractivity contribution in [2.75, 3.05) is 18.4 Å². The van der Waals surface area contributed by atoms with E-state index in [1.165, 1.54) is 4.90 Å². The summed E-state index contributed by atoms with van der Waals surface area (Å²) in [6, 6.07) is 12.1. The molecule has 8 heteroatoms. The first kappa shape index (κ1) is 28.2. The van der Waals surface area contributed by atoms with Crippen molar-refractivity contribution in [1.29, 1.82) is 0 Å². The van der Waals surface area contributed by atoms with Crippen LogP contribution in [0.3, 0.4) is 0 Å². The van der Waals surface area contributed by atoms with Gasteiger partial charge in [-0.3, -0.25) is 9.59 Å². The van der Waals surface area contributed by atoms with E-state index >= 15 is 0 Å². The van der Waals surface area contributed by atoms with E-state index in [9.17, 15) is 14.4 Å². The minimum atomic E-state index is -0.913. The van der Waals surface area contributed by atoms with Gasteiger partial charge in [0.2, 0.25) is 5.91 Å². The van der Waals surface area contributed by atoms with Gasteiger partial charge in [0, 0.05) is 6.54 Å². The van der Waals surface area contributed by atoms with Crippen molar-refractivity contribution >= 4 is 35.2 Å². The number of amides is 3. The highest BCUT2D eigenvalue weighted by atomic mass is 35.5. The number of ether oxygens (including phenoxy) is 1. The number of rotatable bonds is 9. The number of anilines is 1. The van der Waals surface area contributed by atoms with E-state index in [2.05, 4.69) is 17.6 Å². The third kappa shape index (κ3) is 8.28. The molecular weight excluding hydrogens is 466 g/mol. The zero-order chi connectivity index (χ0) is 26.2. The second kappa shape index (κ2) is 12.6. The van der Waals surface area contributed by atoms with Gasteiger partial charge in [-0.25, -0.2) is 4.79 Å². The summed E-state index contributed by atoms with van der Waals surface area (Å²) in [7, 11) is 0. The van der Waals surface area contributed by atoms with Crippen molar-refractivity contribution in [2.45, 2.75) is 66.0 Å². The summed E-state index contributed by atoms with van der Waals surface area (Å²) < 4.78 is 5.24. The Morgan fingerprint density at radius 3 is 2.26 bits per heavy atom. The van der Waals surface area contributed by atoms with Crippen molar-refractivity contribution in [1.82, 2.24) is 10.2 Å². The zero-order valence-electron chi connectivity index (χ0n) is 21.4. The Labute approximate surface area is 213 Å². The molecule has 2 aromatic rings. The molecule has 2 rings (SSSR count). The molecule has 0 saturated carbocycles. The molecule has 0 radical (unpaired) electrons. The fourth-order valence-electron chi connectivity index (χ4n) is 3.59. The molecule has 0 bridgehead atoms. The number of hydrogen-bond donors (Lipinski definition) is 2. The van der Waals surface area contributed by atoms with Gasteiger partial charge in [-0.2, -0.15) is 0 Å². The third-order valence-electron chi connectivity index (χ3n) is 5.30. The summed E-state index contributed by atoms with van der Waals surface area (Å²) in [5.41, 5.74) is 2.42. The van der Waals surface area contributed by atoms with Crippen LogP contribution < -0.4 is 10.6 Å². The molecular formula is C27H36ClN3O4. The van der Waals surface area contributed by atoms with Crippen LogP contribution in [0.15, 0.2) is 42.5 Å². The molecule has 3 amide bonds. The van der Waals surface area contributed by atoms with Gasteiger partial charge in [0.1, 0.15) is 18.2 Å². The van der Waals surface area contributed by atoms with Crippen LogP contribution in [0.25, 0.3) is 0 Å². The molecule has 0 aromatic heterocycles. The molecule has 35 heavy (non-hydrogen) atoms. The minimum Gasteiger partial charge on any atom is -0.444 e. The number of nitrogens with one attached hydrogen (secondary N) is 2. The Bertz CT molecular complexity index is 1010. The molecule has 0 aliphatic heterocycles. The Morgan fingerprint density at radius 1 is 1.06 bits per heavy atom. The van der Waals surface area contributed by atoms with Crippen molar-refractivity contribution in [3.63, 3.8) is 0 Å². The lowest BCUT2D eigenvalue weighted by Gasteiger charge is -2.32. The highest BCUT2D eigenvalue weighted by Crippen LogP contribution is 2.29. The maximum Gasteiger partial charge on any atom is 0.408 e. The fourth-order valence-corrected chi connectivity index (χ4v) is 3.86. The second-order valence-electron chi connectivity index (χ2n) is 9.36. The van der Waals surface area contributed by atoms with Gasteiger partial charge in [-0.15, -0.1) is 0 Å². The van der Waals surface area contributed by atoms with Crippen molar-refractivity contribution in [3.05, 3.63) is 64.2 Å². The lowest BCUT2D eigenvalue weighted by molar-refractivity contribution is -0.138. The summed E-state index contributed by atoms with van der Waals surface area (Å²) in [6.45, 7) is 11.1. The van der Waals surface area contributed by atoms with Crippen LogP contribution in [0.1, 0.15) is 63.8 Å². The van der Waals surface area contributed by atoms with Gasteiger partial charge < -0.3 is 20.3 Å². The SMILES string of the molecule is CCCN(C(=O)CNC(=O)OC(C)(C)C)C(C(=O)Nc1c(C)cccc1Cl)c1ccc(CC)cc1. The molecule has 0 spiro atoms. The van der Waals surface area contributed by atoms with Crippen LogP contribution in [0, 0.1) is 6.92 Å². The Balaban J connectivity index is 2.38. The van der Waals surface area contributed by atoms with Crippen LogP contribution in [0.5, 0.6) is 0 Å². The number of para-hydroxylation sites is 1. The van der Waals surface area contributed by atoms with Gasteiger partial charge in [0.15, 0.2) is 0 Å². The van der Waals surface area contributed by atoms with Crippen LogP contribution in [0.2, 0.25) is 5.02 Å². The van der Waals surface area contributed by atoms with E-state index in [-0.39, 0.29) is 12.5 Å². The summed E-state index contributed by atoms with van der Waals surface area (Å²) in [6.07, 6.45) is 0.787. The summed E-state index contributed by atoms with van der Waals surface area (Å²) in [5, 5.41) is 5.84. The molecule has 190 valence electrons. The lowest BCUT2D eigenvalue weighted by atomic mass is 10.0. The quantitative estimate of drug-likeness (QED) is 0.464. The van der Waals surface area contributed by atoms with E-state index < -0.39 is 23.6 Å². The largest absolute Gasteiger partial charge is 0.444 e. The Hall–Kier alpha value is -3.06. The second-order valence-corrected chi connectivity index (χ2v) is 9.77. The first-order valence-electron chi connectivity index (χ1n) is 11.9. The molecule has 2 aromatic carbocycles. The zero-order valence-corrected chi connectivity index (χ0v) is 22.2. The maximum absolute atomic E-state index is 13.6. The van der Waals surface area contributed by atoms with Gasteiger partial charge in [0.05, 0.1) is 10.7 Å². The fraction of sp³-hybridized carbons (Fsp3) is 0.444. The summed E-state index contributed by atoms with van der Waals surface area (Å²) >= 11 is 6.35. The number of aryl methyl sites for hydroxylation is 2. The number of hydrogen-bond acceptors (Lipinski definition) is 4. The molecule has 1 unspecified atom stereocenters. The standard InChI is InChI=1S/C27H36ClN3O4/c1-7-16-31(22(32)17-29-26(34)35-27(4,5)6)24(20-14-12-19(8-2)13-15-20)25(33)30-23-18(3)10-9-11-21(23)28/h9-15,24H,7-8,16-17H2,1-6H3,(H,29,34)(H,30,33). The Morgan fingerprint density at radius 2 is 1.71 bits per heavy atom. The maximum atomic E-state index is 13.6. The number of carbonyl (C=O) groups excluding carboxylic acids is 3. The molecule has 7 nitrogen and oxygen atoms in total. The van der Waals surface area contributed by atoms with Gasteiger partial charge >= 0.3 is 6.09 Å². The van der Waals surface area contributed by atoms with E-state index in [4.69, 9.17) is 16.3 Å². The molecule has 0 fully saturated rings. The van der Waals surface area contributed by atoms with Crippen LogP contribution >= 0.6 is 11.6 Å². The molecule has 0 aliphatic carbocycles. The van der Waals surface area contributed by atoms with Crippen molar-refractivity contribution in [3.8, 4) is 0 Å². The number of alkyl carbamates (subject to hydrolysis) is 1. The van der Waals surface area contributed by atoms with Gasteiger partial charge in [-0.05, 0) is 63.3 Å². The van der Waals surface area contributed by atoms with Crippen molar-refractivity contribution in [2.24, 2.45) is 0 Å². The third-order valence-corrected chi connectivity index (χ3v) is 5.62. The molecule has 0 heterocycles. The van der Waals surface area contributed by atoms with Gasteiger partial charge in [0.25, 0.3) is 5.91 Å². The number of nitrogens with zero attached hydrogens (tertiary/aromatic N) is 1. The molecule has 0 saturated heterocycles. The van der Waals surface area contributed by atoms with E-state index in [0.29, 0.717) is 29.2 Å². The van der Waals surface area contributed by atoms with Crippen LogP contribution in [-0.4, -0.2) is 41.5 Å². The topological polar surface area (TPSA) is 87.7 Å². The lowest BCUT2D eigenvalue weighted by Crippen LogP contribution is -2.46. The highest BCUT2D eigenvalue weighted by molar-refractivity contribution is 6.34. The van der Waals surface area contributed by atoms with Gasteiger partial charge in [-0.1, -0.05) is 61.8 Å². The van der Waals surface area contributed by atoms with Crippen LogP contribution in [-0.2, 0) is 20.7 Å². The minimum absolute atomic E-state index is 0.295. The van der Waals surface area contributed by atoms with E-state index in [0.717, 1.165) is 17.5 Å². The summed E-state index contributed by atoms with van der Waals surface area (Å²) in [4.78, 5) is 40.5. The molecule has 1 atom stereocenters. The monoisotopic (exact) mass is 501 g/mol. The van der Waals surface area contributed by atoms with Crippen molar-refractivity contribution < 1.29 is 19.1 Å². The normalized spacial score (nSPS) is 12.0. The van der Waals surface area contributed by atoms with E-state index in [1.807, 2.05) is 50.2 Å². The average molecular weight is 502 g/mol. The summed E-state index contributed by atoms with van der Waals surface area (Å²) in [5.74, 6) is -0.780. The molecule has 2 N–H and O–H groups in total. The molecule has 0 aliphatic rings. The van der Waals surface area contributed by atoms with Crippen LogP contribution in [0.4, 0.5) is 10.5 Å². The number of halogens is 1. The smallest absolute Gasteiger partial charge is 0.408 e. The average Bonchev–Trinajstić information content (AvgIpc) is 2.79. The number of carbonyl (C=O) groups is 3.